The fourth-order valence-electron chi connectivity index (χ4n) is 1.81. The Kier molecular flexibility index (Phi) is 3.60. The molecule has 0 fully saturated rings. The number of amides is 1. The van der Waals surface area contributed by atoms with E-state index in [-0.39, 0.29) is 5.91 Å². The maximum atomic E-state index is 11.7. The van der Waals surface area contributed by atoms with Crippen molar-refractivity contribution in [1.29, 1.82) is 0 Å². The quantitative estimate of drug-likeness (QED) is 0.799. The Hall–Kier alpha value is -2.40. The van der Waals surface area contributed by atoms with Crippen LogP contribution in [0.3, 0.4) is 0 Å². The van der Waals surface area contributed by atoms with Crippen molar-refractivity contribution >= 4 is 17.2 Å². The highest BCUT2D eigenvalue weighted by Gasteiger charge is 2.07. The molecule has 3 aromatic rings. The number of carbonyl (C=O) groups is 1. The zero-order chi connectivity index (χ0) is 13.8. The molecule has 2 aromatic heterocycles. The van der Waals surface area contributed by atoms with Gasteiger partial charge in [0.1, 0.15) is 5.01 Å². The molecule has 100 valence electrons. The van der Waals surface area contributed by atoms with Crippen molar-refractivity contribution in [1.82, 2.24) is 10.3 Å². The molecule has 3 rings (SSSR count). The molecule has 1 amide bonds. The van der Waals surface area contributed by atoms with Gasteiger partial charge in [-0.3, -0.25) is 4.79 Å². The smallest absolute Gasteiger partial charge is 0.287 e. The van der Waals surface area contributed by atoms with Crippen LogP contribution < -0.4 is 5.32 Å². The summed E-state index contributed by atoms with van der Waals surface area (Å²) >= 11 is 1.61. The topological polar surface area (TPSA) is 55.1 Å². The molecule has 0 aliphatic carbocycles. The Morgan fingerprint density at radius 3 is 2.75 bits per heavy atom. The number of thiazole rings is 1. The van der Waals surface area contributed by atoms with Crippen LogP contribution in [0.2, 0.25) is 0 Å². The van der Waals surface area contributed by atoms with Crippen molar-refractivity contribution in [3.8, 4) is 10.6 Å². The molecule has 0 aliphatic rings. The minimum atomic E-state index is -0.209. The molecule has 5 heteroatoms. The second-order valence-electron chi connectivity index (χ2n) is 4.19. The molecular weight excluding hydrogens is 272 g/mol. The standard InChI is InChI=1S/C15H12N2O2S/c18-14(13-2-1-8-19-13)17-10-11-3-5-12(6-4-11)15-16-7-9-20-15/h1-9H,10H2,(H,17,18). The maximum Gasteiger partial charge on any atom is 0.287 e. The third-order valence-corrected chi connectivity index (χ3v) is 3.65. The molecule has 0 spiro atoms. The van der Waals surface area contributed by atoms with Crippen molar-refractivity contribution in [2.45, 2.75) is 6.54 Å². The monoisotopic (exact) mass is 284 g/mol. The van der Waals surface area contributed by atoms with Crippen LogP contribution in [0.4, 0.5) is 0 Å². The van der Waals surface area contributed by atoms with E-state index in [0.717, 1.165) is 16.1 Å². The van der Waals surface area contributed by atoms with E-state index < -0.39 is 0 Å². The molecule has 0 aliphatic heterocycles. The Balaban J connectivity index is 1.63. The Bertz CT molecular complexity index is 673. The lowest BCUT2D eigenvalue weighted by Gasteiger charge is -2.04. The summed E-state index contributed by atoms with van der Waals surface area (Å²) in [6, 6.07) is 11.3. The first-order valence-corrected chi connectivity index (χ1v) is 7.01. The van der Waals surface area contributed by atoms with Crippen molar-refractivity contribution in [2.75, 3.05) is 0 Å². The molecule has 2 heterocycles. The van der Waals surface area contributed by atoms with Gasteiger partial charge in [-0.25, -0.2) is 4.98 Å². The summed E-state index contributed by atoms with van der Waals surface area (Å²) in [6.45, 7) is 0.470. The van der Waals surface area contributed by atoms with Gasteiger partial charge < -0.3 is 9.73 Å². The highest BCUT2D eigenvalue weighted by Crippen LogP contribution is 2.21. The third-order valence-electron chi connectivity index (χ3n) is 2.83. The van der Waals surface area contributed by atoms with Crippen LogP contribution in [0.25, 0.3) is 10.6 Å². The Labute approximate surface area is 120 Å². The zero-order valence-corrected chi connectivity index (χ0v) is 11.4. The fourth-order valence-corrected chi connectivity index (χ4v) is 2.45. The van der Waals surface area contributed by atoms with Gasteiger partial charge in [-0.1, -0.05) is 24.3 Å². The fraction of sp³-hybridized carbons (Fsp3) is 0.0667. The first-order chi connectivity index (χ1) is 9.83. The predicted octanol–water partition coefficient (Wildman–Crippen LogP) is 3.33. The van der Waals surface area contributed by atoms with Crippen LogP contribution in [-0.4, -0.2) is 10.9 Å². The average Bonchev–Trinajstić information content (AvgIpc) is 3.18. The molecule has 0 unspecified atom stereocenters. The molecule has 0 radical (unpaired) electrons. The number of nitrogens with one attached hydrogen (secondary N) is 1. The van der Waals surface area contributed by atoms with Gasteiger partial charge in [0.25, 0.3) is 5.91 Å². The predicted molar refractivity (Wildman–Crippen MR) is 77.4 cm³/mol. The maximum absolute atomic E-state index is 11.7. The summed E-state index contributed by atoms with van der Waals surface area (Å²) in [4.78, 5) is 16.0. The molecule has 20 heavy (non-hydrogen) atoms. The lowest BCUT2D eigenvalue weighted by Crippen LogP contribution is -2.22. The van der Waals surface area contributed by atoms with Crippen molar-refractivity contribution in [2.24, 2.45) is 0 Å². The minimum absolute atomic E-state index is 0.209. The van der Waals surface area contributed by atoms with E-state index >= 15 is 0 Å². The van der Waals surface area contributed by atoms with Gasteiger partial charge in [0.05, 0.1) is 6.26 Å². The third kappa shape index (κ3) is 2.78. The van der Waals surface area contributed by atoms with Crippen molar-refractivity contribution in [3.63, 3.8) is 0 Å². The number of nitrogens with zero attached hydrogens (tertiary/aromatic N) is 1. The lowest BCUT2D eigenvalue weighted by atomic mass is 10.1. The van der Waals surface area contributed by atoms with Crippen LogP contribution in [0.1, 0.15) is 16.1 Å². The number of carbonyl (C=O) groups excluding carboxylic acids is 1. The lowest BCUT2D eigenvalue weighted by molar-refractivity contribution is 0.0923. The number of hydrogen-bond donors (Lipinski definition) is 1. The normalized spacial score (nSPS) is 10.4. The highest BCUT2D eigenvalue weighted by molar-refractivity contribution is 7.13. The first kappa shape index (κ1) is 12.6. The van der Waals surface area contributed by atoms with Gasteiger partial charge in [-0.2, -0.15) is 0 Å². The summed E-state index contributed by atoms with van der Waals surface area (Å²) < 4.78 is 5.03. The van der Waals surface area contributed by atoms with Crippen molar-refractivity contribution in [3.05, 3.63) is 65.6 Å². The van der Waals surface area contributed by atoms with Crippen LogP contribution >= 0.6 is 11.3 Å². The zero-order valence-electron chi connectivity index (χ0n) is 10.6. The van der Waals surface area contributed by atoms with Gasteiger partial charge in [-0.05, 0) is 17.7 Å². The molecule has 0 atom stereocenters. The minimum Gasteiger partial charge on any atom is -0.459 e. The summed E-state index contributed by atoms with van der Waals surface area (Å²) in [6.07, 6.45) is 3.27. The van der Waals surface area contributed by atoms with Crippen LogP contribution in [0.15, 0.2) is 58.7 Å². The molecule has 0 saturated carbocycles. The van der Waals surface area contributed by atoms with Gasteiger partial charge >= 0.3 is 0 Å². The number of aromatic nitrogens is 1. The van der Waals surface area contributed by atoms with E-state index in [2.05, 4.69) is 10.3 Å². The molecular formula is C15H12N2O2S. The summed E-state index contributed by atoms with van der Waals surface area (Å²) in [5.41, 5.74) is 2.12. The average molecular weight is 284 g/mol. The number of rotatable bonds is 4. The van der Waals surface area contributed by atoms with E-state index in [1.807, 2.05) is 29.6 Å². The van der Waals surface area contributed by atoms with Crippen LogP contribution in [0, 0.1) is 0 Å². The van der Waals surface area contributed by atoms with E-state index in [4.69, 9.17) is 4.42 Å². The van der Waals surface area contributed by atoms with E-state index in [1.54, 1.807) is 29.7 Å². The molecule has 1 aromatic carbocycles. The number of furan rings is 1. The van der Waals surface area contributed by atoms with E-state index in [1.165, 1.54) is 6.26 Å². The van der Waals surface area contributed by atoms with Gasteiger partial charge in [0.2, 0.25) is 0 Å². The van der Waals surface area contributed by atoms with Crippen LogP contribution in [0.5, 0.6) is 0 Å². The largest absolute Gasteiger partial charge is 0.459 e. The summed E-state index contributed by atoms with van der Waals surface area (Å²) in [7, 11) is 0. The Morgan fingerprint density at radius 2 is 2.10 bits per heavy atom. The number of benzene rings is 1. The van der Waals surface area contributed by atoms with Crippen LogP contribution in [-0.2, 0) is 6.54 Å². The second-order valence-corrected chi connectivity index (χ2v) is 5.09. The van der Waals surface area contributed by atoms with E-state index in [9.17, 15) is 4.79 Å². The summed E-state index contributed by atoms with van der Waals surface area (Å²) in [5.74, 6) is 0.114. The highest BCUT2D eigenvalue weighted by atomic mass is 32.1. The Morgan fingerprint density at radius 1 is 1.25 bits per heavy atom. The molecule has 1 N–H and O–H groups in total. The number of hydrogen-bond acceptors (Lipinski definition) is 4. The first-order valence-electron chi connectivity index (χ1n) is 6.13. The SMILES string of the molecule is O=C(NCc1ccc(-c2nccs2)cc1)c1ccco1. The molecule has 0 bridgehead atoms. The summed E-state index contributed by atoms with van der Waals surface area (Å²) in [5, 5.41) is 5.76. The molecule has 0 saturated heterocycles. The molecule has 4 nitrogen and oxygen atoms in total. The van der Waals surface area contributed by atoms with Gasteiger partial charge in [-0.15, -0.1) is 11.3 Å². The van der Waals surface area contributed by atoms with Gasteiger partial charge in [0.15, 0.2) is 5.76 Å². The van der Waals surface area contributed by atoms with E-state index in [0.29, 0.717) is 12.3 Å². The van der Waals surface area contributed by atoms with Gasteiger partial charge in [0, 0.05) is 23.7 Å². The second kappa shape index (κ2) is 5.71. The van der Waals surface area contributed by atoms with Crippen molar-refractivity contribution < 1.29 is 9.21 Å².